The monoisotopic (exact) mass is 220 g/mol. The van der Waals surface area contributed by atoms with Crippen molar-refractivity contribution in [2.45, 2.75) is 6.42 Å². The number of rotatable bonds is 3. The first kappa shape index (κ1) is 10.5. The molecule has 1 aliphatic carbocycles. The summed E-state index contributed by atoms with van der Waals surface area (Å²) in [7, 11) is 3.10. The fourth-order valence-corrected chi connectivity index (χ4v) is 1.97. The number of benzene rings is 1. The third-order valence-corrected chi connectivity index (χ3v) is 2.68. The minimum absolute atomic E-state index is 0.283. The Morgan fingerprint density at radius 3 is 2.44 bits per heavy atom. The lowest BCUT2D eigenvalue weighted by molar-refractivity contribution is -0.130. The van der Waals surface area contributed by atoms with E-state index in [0.717, 1.165) is 5.56 Å². The van der Waals surface area contributed by atoms with Gasteiger partial charge >= 0.3 is 5.97 Å². The van der Waals surface area contributed by atoms with Gasteiger partial charge in [-0.3, -0.25) is 0 Å². The first-order valence-electron chi connectivity index (χ1n) is 4.86. The largest absolute Gasteiger partial charge is 0.496 e. The van der Waals surface area contributed by atoms with Crippen molar-refractivity contribution in [3.8, 4) is 11.5 Å². The van der Waals surface area contributed by atoms with Gasteiger partial charge in [0.1, 0.15) is 11.5 Å². The van der Waals surface area contributed by atoms with Gasteiger partial charge in [-0.2, -0.15) is 0 Å². The van der Waals surface area contributed by atoms with E-state index in [-0.39, 0.29) is 5.57 Å². The molecular weight excluding hydrogens is 208 g/mol. The summed E-state index contributed by atoms with van der Waals surface area (Å²) in [6.45, 7) is 0. The summed E-state index contributed by atoms with van der Waals surface area (Å²) in [5.74, 6) is 0.329. The Hall–Kier alpha value is -1.97. The number of carboxylic acids is 1. The molecule has 0 saturated carbocycles. The van der Waals surface area contributed by atoms with Gasteiger partial charge in [-0.05, 0) is 18.6 Å². The molecule has 0 unspecified atom stereocenters. The SMILES string of the molecule is COc1ccc(OC)c2c1CC=C2C(=O)O. The highest BCUT2D eigenvalue weighted by atomic mass is 16.5. The molecule has 1 aromatic carbocycles. The van der Waals surface area contributed by atoms with Crippen molar-refractivity contribution in [1.82, 2.24) is 0 Å². The molecule has 1 N–H and O–H groups in total. The third kappa shape index (κ3) is 1.43. The fraction of sp³-hybridized carbons (Fsp3) is 0.250. The van der Waals surface area contributed by atoms with E-state index in [1.165, 1.54) is 7.11 Å². The van der Waals surface area contributed by atoms with E-state index in [1.807, 2.05) is 0 Å². The van der Waals surface area contributed by atoms with Crippen molar-refractivity contribution in [3.05, 3.63) is 29.3 Å². The highest BCUT2D eigenvalue weighted by Gasteiger charge is 2.26. The number of carboxylic acid groups (broad SMARTS) is 1. The first-order valence-corrected chi connectivity index (χ1v) is 4.86. The highest BCUT2D eigenvalue weighted by molar-refractivity contribution is 6.18. The Labute approximate surface area is 93.1 Å². The van der Waals surface area contributed by atoms with Gasteiger partial charge in [0.05, 0.1) is 19.8 Å². The lowest BCUT2D eigenvalue weighted by Gasteiger charge is -2.12. The van der Waals surface area contributed by atoms with Gasteiger partial charge in [-0.1, -0.05) is 6.08 Å². The van der Waals surface area contributed by atoms with Crippen molar-refractivity contribution in [3.63, 3.8) is 0 Å². The molecule has 0 heterocycles. The summed E-state index contributed by atoms with van der Waals surface area (Å²) >= 11 is 0. The van der Waals surface area contributed by atoms with Gasteiger partial charge in [0.25, 0.3) is 0 Å². The van der Waals surface area contributed by atoms with E-state index >= 15 is 0 Å². The molecule has 0 spiro atoms. The summed E-state index contributed by atoms with van der Waals surface area (Å²) < 4.78 is 10.4. The van der Waals surface area contributed by atoms with Crippen LogP contribution in [0.15, 0.2) is 18.2 Å². The van der Waals surface area contributed by atoms with Crippen molar-refractivity contribution >= 4 is 11.5 Å². The van der Waals surface area contributed by atoms with Crippen LogP contribution in [0.5, 0.6) is 11.5 Å². The second kappa shape index (κ2) is 3.89. The number of hydrogen-bond acceptors (Lipinski definition) is 3. The maximum absolute atomic E-state index is 11.1. The molecule has 0 fully saturated rings. The maximum Gasteiger partial charge on any atom is 0.336 e. The van der Waals surface area contributed by atoms with Crippen LogP contribution in [0.2, 0.25) is 0 Å². The van der Waals surface area contributed by atoms with Crippen molar-refractivity contribution in [1.29, 1.82) is 0 Å². The second-order valence-electron chi connectivity index (χ2n) is 3.45. The van der Waals surface area contributed by atoms with Gasteiger partial charge in [0.15, 0.2) is 0 Å². The maximum atomic E-state index is 11.1. The predicted molar refractivity (Wildman–Crippen MR) is 58.9 cm³/mol. The van der Waals surface area contributed by atoms with Crippen LogP contribution in [0.3, 0.4) is 0 Å². The van der Waals surface area contributed by atoms with Crippen LogP contribution in [0.4, 0.5) is 0 Å². The number of carbonyl (C=O) groups is 1. The Kier molecular flexibility index (Phi) is 2.56. The molecule has 2 rings (SSSR count). The van der Waals surface area contributed by atoms with E-state index in [2.05, 4.69) is 0 Å². The molecule has 0 atom stereocenters. The smallest absolute Gasteiger partial charge is 0.336 e. The van der Waals surface area contributed by atoms with Crippen LogP contribution in [0.25, 0.3) is 5.57 Å². The number of hydrogen-bond donors (Lipinski definition) is 1. The lowest BCUT2D eigenvalue weighted by atomic mass is 10.0. The molecule has 1 aromatic rings. The topological polar surface area (TPSA) is 55.8 Å². The number of ether oxygens (including phenoxy) is 2. The fourth-order valence-electron chi connectivity index (χ4n) is 1.97. The standard InChI is InChI=1S/C12H12O4/c1-15-9-5-6-10(16-2)11-7(9)3-4-8(11)12(13)14/h4-6H,3H2,1-2H3,(H,13,14). The molecule has 16 heavy (non-hydrogen) atoms. The van der Waals surface area contributed by atoms with E-state index in [4.69, 9.17) is 14.6 Å². The van der Waals surface area contributed by atoms with Gasteiger partial charge in [-0.15, -0.1) is 0 Å². The number of allylic oxidation sites excluding steroid dienone is 1. The molecule has 0 aromatic heterocycles. The normalized spacial score (nSPS) is 13.0. The Morgan fingerprint density at radius 2 is 1.88 bits per heavy atom. The minimum atomic E-state index is -0.940. The average molecular weight is 220 g/mol. The summed E-state index contributed by atoms with van der Waals surface area (Å²) in [5.41, 5.74) is 1.79. The zero-order valence-electron chi connectivity index (χ0n) is 9.11. The summed E-state index contributed by atoms with van der Waals surface area (Å²) in [4.78, 5) is 11.1. The molecule has 84 valence electrons. The van der Waals surface area contributed by atoms with Crippen LogP contribution < -0.4 is 9.47 Å². The van der Waals surface area contributed by atoms with E-state index in [9.17, 15) is 4.79 Å². The Balaban J connectivity index is 2.62. The summed E-state index contributed by atoms with van der Waals surface area (Å²) in [6.07, 6.45) is 2.25. The molecule has 0 amide bonds. The van der Waals surface area contributed by atoms with E-state index in [1.54, 1.807) is 25.3 Å². The van der Waals surface area contributed by atoms with Crippen molar-refractivity contribution in [2.24, 2.45) is 0 Å². The number of methoxy groups -OCH3 is 2. The van der Waals surface area contributed by atoms with Crippen molar-refractivity contribution in [2.75, 3.05) is 14.2 Å². The third-order valence-electron chi connectivity index (χ3n) is 2.68. The minimum Gasteiger partial charge on any atom is -0.496 e. The van der Waals surface area contributed by atoms with Gasteiger partial charge in [0.2, 0.25) is 0 Å². The quantitative estimate of drug-likeness (QED) is 0.842. The summed E-state index contributed by atoms with van der Waals surface area (Å²) in [6, 6.07) is 3.51. The Morgan fingerprint density at radius 1 is 1.25 bits per heavy atom. The number of aliphatic carboxylic acids is 1. The molecule has 0 aliphatic heterocycles. The van der Waals surface area contributed by atoms with Crippen molar-refractivity contribution < 1.29 is 19.4 Å². The van der Waals surface area contributed by atoms with Gasteiger partial charge < -0.3 is 14.6 Å². The van der Waals surface area contributed by atoms with Crippen LogP contribution in [-0.4, -0.2) is 25.3 Å². The van der Waals surface area contributed by atoms with E-state index in [0.29, 0.717) is 23.5 Å². The molecule has 4 nitrogen and oxygen atoms in total. The molecule has 0 radical (unpaired) electrons. The first-order chi connectivity index (χ1) is 7.69. The molecular formula is C12H12O4. The van der Waals surface area contributed by atoms with Gasteiger partial charge in [0, 0.05) is 11.1 Å². The molecule has 0 bridgehead atoms. The predicted octanol–water partition coefficient (Wildman–Crippen LogP) is 1.73. The lowest BCUT2D eigenvalue weighted by Crippen LogP contribution is -2.01. The highest BCUT2D eigenvalue weighted by Crippen LogP contribution is 2.40. The van der Waals surface area contributed by atoms with Crippen LogP contribution in [0.1, 0.15) is 11.1 Å². The number of fused-ring (bicyclic) bond motifs is 1. The molecule has 0 saturated heterocycles. The molecule has 4 heteroatoms. The van der Waals surface area contributed by atoms with Crippen LogP contribution in [-0.2, 0) is 11.2 Å². The van der Waals surface area contributed by atoms with Crippen LogP contribution >= 0.6 is 0 Å². The van der Waals surface area contributed by atoms with Crippen LogP contribution in [0, 0.1) is 0 Å². The van der Waals surface area contributed by atoms with E-state index < -0.39 is 5.97 Å². The summed E-state index contributed by atoms with van der Waals surface area (Å²) in [5, 5.41) is 9.08. The average Bonchev–Trinajstić information content (AvgIpc) is 2.72. The zero-order valence-corrected chi connectivity index (χ0v) is 9.11. The Bertz CT molecular complexity index is 474. The van der Waals surface area contributed by atoms with Gasteiger partial charge in [-0.25, -0.2) is 4.79 Å². The molecule has 1 aliphatic rings. The second-order valence-corrected chi connectivity index (χ2v) is 3.45. The zero-order chi connectivity index (χ0) is 11.7.